The fourth-order valence-electron chi connectivity index (χ4n) is 1.73. The van der Waals surface area contributed by atoms with Gasteiger partial charge in [-0.2, -0.15) is 8.78 Å². The van der Waals surface area contributed by atoms with E-state index in [1.807, 2.05) is 12.1 Å². The number of rotatable bonds is 5. The summed E-state index contributed by atoms with van der Waals surface area (Å²) < 4.78 is 28.2. The monoisotopic (exact) mass is 265 g/mol. The number of alkyl halides is 2. The molecule has 2 rings (SSSR count). The molecule has 100 valence electrons. The van der Waals surface area contributed by atoms with Crippen molar-refractivity contribution in [3.8, 4) is 5.75 Å². The molecule has 0 spiro atoms. The van der Waals surface area contributed by atoms with Crippen molar-refractivity contribution in [1.29, 1.82) is 0 Å². The Labute approximate surface area is 109 Å². The predicted octanol–water partition coefficient (Wildman–Crippen LogP) is 2.96. The summed E-state index contributed by atoms with van der Waals surface area (Å²) in [7, 11) is 0. The first-order chi connectivity index (χ1) is 9.15. The number of ether oxygens (including phenoxy) is 1. The van der Waals surface area contributed by atoms with Crippen molar-refractivity contribution >= 4 is 0 Å². The van der Waals surface area contributed by atoms with Crippen LogP contribution < -0.4 is 4.74 Å². The van der Waals surface area contributed by atoms with Gasteiger partial charge in [0.15, 0.2) is 0 Å². The molecule has 1 heterocycles. The highest BCUT2D eigenvalue weighted by atomic mass is 19.3. The summed E-state index contributed by atoms with van der Waals surface area (Å²) in [6.07, 6.45) is 3.06. The molecule has 0 radical (unpaired) electrons. The Hall–Kier alpha value is -2.01. The third-order valence-electron chi connectivity index (χ3n) is 2.67. The van der Waals surface area contributed by atoms with Crippen LogP contribution in [0.2, 0.25) is 0 Å². The highest BCUT2D eigenvalue weighted by molar-refractivity contribution is 5.29. The van der Waals surface area contributed by atoms with Crippen LogP contribution in [0.1, 0.15) is 17.2 Å². The van der Waals surface area contributed by atoms with Crippen molar-refractivity contribution in [2.24, 2.45) is 0 Å². The van der Waals surface area contributed by atoms with E-state index in [9.17, 15) is 13.9 Å². The van der Waals surface area contributed by atoms with Gasteiger partial charge in [-0.3, -0.25) is 4.98 Å². The number of aromatic nitrogens is 1. The van der Waals surface area contributed by atoms with Crippen LogP contribution >= 0.6 is 0 Å². The number of hydrogen-bond acceptors (Lipinski definition) is 3. The molecular formula is C14H13F2NO2. The molecule has 1 unspecified atom stereocenters. The first-order valence-corrected chi connectivity index (χ1v) is 5.77. The minimum atomic E-state index is -2.84. The van der Waals surface area contributed by atoms with Gasteiger partial charge in [-0.05, 0) is 35.4 Å². The van der Waals surface area contributed by atoms with Gasteiger partial charge in [0, 0.05) is 18.8 Å². The molecule has 2 aromatic rings. The maximum Gasteiger partial charge on any atom is 0.387 e. The molecule has 0 fully saturated rings. The van der Waals surface area contributed by atoms with Crippen LogP contribution in [0.15, 0.2) is 48.8 Å². The van der Waals surface area contributed by atoms with Crippen LogP contribution in [0.5, 0.6) is 5.75 Å². The normalized spacial score (nSPS) is 12.4. The maximum atomic E-state index is 12.0. The summed E-state index contributed by atoms with van der Waals surface area (Å²) in [6, 6.07) is 9.61. The van der Waals surface area contributed by atoms with E-state index in [2.05, 4.69) is 9.72 Å². The van der Waals surface area contributed by atoms with Crippen molar-refractivity contribution in [2.75, 3.05) is 0 Å². The molecule has 1 N–H and O–H groups in total. The van der Waals surface area contributed by atoms with E-state index >= 15 is 0 Å². The Morgan fingerprint density at radius 1 is 1.05 bits per heavy atom. The number of pyridine rings is 1. The van der Waals surface area contributed by atoms with E-state index in [0.717, 1.165) is 5.56 Å². The SMILES string of the molecule is OC(Cc1ccncc1)c1ccc(OC(F)F)cc1. The first-order valence-electron chi connectivity index (χ1n) is 5.77. The summed E-state index contributed by atoms with van der Waals surface area (Å²) in [5, 5.41) is 10.0. The van der Waals surface area contributed by atoms with Gasteiger partial charge in [0.2, 0.25) is 0 Å². The molecule has 5 heteroatoms. The number of hydrogen-bond donors (Lipinski definition) is 1. The lowest BCUT2D eigenvalue weighted by atomic mass is 10.0. The van der Waals surface area contributed by atoms with Crippen molar-refractivity contribution < 1.29 is 18.6 Å². The van der Waals surface area contributed by atoms with Crippen LogP contribution in [0.25, 0.3) is 0 Å². The van der Waals surface area contributed by atoms with Gasteiger partial charge in [-0.1, -0.05) is 12.1 Å². The molecule has 0 saturated heterocycles. The van der Waals surface area contributed by atoms with Crippen LogP contribution in [-0.2, 0) is 6.42 Å². The Morgan fingerprint density at radius 2 is 1.68 bits per heavy atom. The van der Waals surface area contributed by atoms with E-state index in [1.165, 1.54) is 12.1 Å². The van der Waals surface area contributed by atoms with Crippen LogP contribution in [0.3, 0.4) is 0 Å². The fraction of sp³-hybridized carbons (Fsp3) is 0.214. The summed E-state index contributed by atoms with van der Waals surface area (Å²) in [6.45, 7) is -2.84. The number of aliphatic hydroxyl groups excluding tert-OH is 1. The van der Waals surface area contributed by atoms with Gasteiger partial charge in [0.1, 0.15) is 5.75 Å². The number of benzene rings is 1. The van der Waals surface area contributed by atoms with E-state index in [-0.39, 0.29) is 5.75 Å². The molecular weight excluding hydrogens is 252 g/mol. The fourth-order valence-corrected chi connectivity index (χ4v) is 1.73. The third kappa shape index (κ3) is 3.99. The minimum absolute atomic E-state index is 0.0786. The topological polar surface area (TPSA) is 42.4 Å². The molecule has 0 saturated carbocycles. The van der Waals surface area contributed by atoms with Crippen LogP contribution in [0.4, 0.5) is 8.78 Å². The van der Waals surface area contributed by atoms with Gasteiger partial charge in [-0.25, -0.2) is 0 Å². The highest BCUT2D eigenvalue weighted by Gasteiger charge is 2.10. The Balaban J connectivity index is 2.01. The number of halogens is 2. The van der Waals surface area contributed by atoms with Gasteiger partial charge in [0.25, 0.3) is 0 Å². The molecule has 19 heavy (non-hydrogen) atoms. The molecule has 0 bridgehead atoms. The van der Waals surface area contributed by atoms with Crippen molar-refractivity contribution in [1.82, 2.24) is 4.98 Å². The zero-order chi connectivity index (χ0) is 13.7. The molecule has 1 aromatic carbocycles. The Morgan fingerprint density at radius 3 is 2.26 bits per heavy atom. The van der Waals surface area contributed by atoms with Gasteiger partial charge >= 0.3 is 6.61 Å². The van der Waals surface area contributed by atoms with Crippen molar-refractivity contribution in [3.05, 3.63) is 59.9 Å². The minimum Gasteiger partial charge on any atom is -0.435 e. The lowest BCUT2D eigenvalue weighted by Gasteiger charge is -2.12. The quantitative estimate of drug-likeness (QED) is 0.903. The smallest absolute Gasteiger partial charge is 0.387 e. The summed E-state index contributed by atoms with van der Waals surface area (Å²) in [4.78, 5) is 3.90. The zero-order valence-corrected chi connectivity index (χ0v) is 10.0. The maximum absolute atomic E-state index is 12.0. The third-order valence-corrected chi connectivity index (χ3v) is 2.67. The highest BCUT2D eigenvalue weighted by Crippen LogP contribution is 2.21. The molecule has 3 nitrogen and oxygen atoms in total. The Kier molecular flexibility index (Phi) is 4.41. The molecule has 0 aliphatic heterocycles. The zero-order valence-electron chi connectivity index (χ0n) is 10.0. The summed E-state index contributed by atoms with van der Waals surface area (Å²) in [5.74, 6) is 0.0786. The van der Waals surface area contributed by atoms with Crippen LogP contribution in [0, 0.1) is 0 Å². The average Bonchev–Trinajstić information content (AvgIpc) is 2.40. The van der Waals surface area contributed by atoms with E-state index < -0.39 is 12.7 Å². The first kappa shape index (κ1) is 13.4. The van der Waals surface area contributed by atoms with E-state index in [1.54, 1.807) is 24.5 Å². The van der Waals surface area contributed by atoms with Gasteiger partial charge in [-0.15, -0.1) is 0 Å². The molecule has 1 aromatic heterocycles. The van der Waals surface area contributed by atoms with Crippen molar-refractivity contribution in [3.63, 3.8) is 0 Å². The molecule has 0 aliphatic rings. The van der Waals surface area contributed by atoms with Crippen LogP contribution in [-0.4, -0.2) is 16.7 Å². The van der Waals surface area contributed by atoms with Crippen molar-refractivity contribution in [2.45, 2.75) is 19.1 Å². The lowest BCUT2D eigenvalue weighted by Crippen LogP contribution is -2.04. The van der Waals surface area contributed by atoms with Gasteiger partial charge in [0.05, 0.1) is 6.10 Å². The molecule has 1 atom stereocenters. The predicted molar refractivity (Wildman–Crippen MR) is 66.0 cm³/mol. The standard InChI is InChI=1S/C14H13F2NO2/c15-14(16)19-12-3-1-11(2-4-12)13(18)9-10-5-7-17-8-6-10/h1-8,13-14,18H,9H2. The van der Waals surface area contributed by atoms with Gasteiger partial charge < -0.3 is 9.84 Å². The number of nitrogens with zero attached hydrogens (tertiary/aromatic N) is 1. The summed E-state index contributed by atoms with van der Waals surface area (Å²) >= 11 is 0. The molecule has 0 aliphatic carbocycles. The second kappa shape index (κ2) is 6.24. The second-order valence-electron chi connectivity index (χ2n) is 4.02. The largest absolute Gasteiger partial charge is 0.435 e. The average molecular weight is 265 g/mol. The second-order valence-corrected chi connectivity index (χ2v) is 4.02. The van der Waals surface area contributed by atoms with E-state index in [0.29, 0.717) is 12.0 Å². The Bertz CT molecular complexity index is 503. The lowest BCUT2D eigenvalue weighted by molar-refractivity contribution is -0.0498. The number of aliphatic hydroxyl groups is 1. The molecule has 0 amide bonds. The summed E-state index contributed by atoms with van der Waals surface area (Å²) in [5.41, 5.74) is 1.61. The van der Waals surface area contributed by atoms with E-state index in [4.69, 9.17) is 0 Å².